The first-order chi connectivity index (χ1) is 7.61. The summed E-state index contributed by atoms with van der Waals surface area (Å²) in [6.45, 7) is 0. The van der Waals surface area contributed by atoms with Gasteiger partial charge in [-0.3, -0.25) is 0 Å². The van der Waals surface area contributed by atoms with Gasteiger partial charge in [0.15, 0.2) is 0 Å². The van der Waals surface area contributed by atoms with Crippen molar-refractivity contribution in [1.29, 1.82) is 0 Å². The Morgan fingerprint density at radius 3 is 2.62 bits per heavy atom. The van der Waals surface area contributed by atoms with Gasteiger partial charge in [-0.1, -0.05) is 6.07 Å². The van der Waals surface area contributed by atoms with E-state index in [-0.39, 0.29) is 10.0 Å². The first-order valence-electron chi connectivity index (χ1n) is 4.53. The summed E-state index contributed by atoms with van der Waals surface area (Å²) >= 11 is 4.39. The van der Waals surface area contributed by atoms with Gasteiger partial charge in [0.05, 0.1) is 10.5 Å². The highest BCUT2D eigenvalue weighted by molar-refractivity contribution is 9.10. The monoisotopic (exact) mass is 303 g/mol. The van der Waals surface area contributed by atoms with Gasteiger partial charge in [-0.2, -0.15) is 0 Å². The van der Waals surface area contributed by atoms with E-state index < -0.39 is 17.7 Å². The number of hydrogen-bond acceptors (Lipinski definition) is 2. The molecule has 16 heavy (non-hydrogen) atoms. The lowest BCUT2D eigenvalue weighted by Crippen LogP contribution is -2.14. The Balaban J connectivity index is 2.52. The molecule has 0 saturated carbocycles. The molecule has 84 valence electrons. The maximum absolute atomic E-state index is 13.7. The Bertz CT molecular complexity index is 499. The molecule has 0 spiro atoms. The van der Waals surface area contributed by atoms with Crippen LogP contribution >= 0.6 is 27.3 Å². The van der Waals surface area contributed by atoms with Crippen LogP contribution in [0.3, 0.4) is 0 Å². The summed E-state index contributed by atoms with van der Waals surface area (Å²) in [6.07, 6.45) is 0. The summed E-state index contributed by atoms with van der Waals surface area (Å²) in [5, 5.41) is 1.82. The molecule has 2 rings (SSSR count). The first-order valence-corrected chi connectivity index (χ1v) is 6.21. The van der Waals surface area contributed by atoms with Crippen LogP contribution in [0.1, 0.15) is 16.5 Å². The zero-order valence-corrected chi connectivity index (χ0v) is 10.5. The average molecular weight is 304 g/mol. The molecule has 5 heteroatoms. The van der Waals surface area contributed by atoms with Gasteiger partial charge in [-0.15, -0.1) is 11.3 Å². The molecule has 1 aromatic carbocycles. The number of rotatable bonds is 2. The van der Waals surface area contributed by atoms with Crippen molar-refractivity contribution in [3.63, 3.8) is 0 Å². The van der Waals surface area contributed by atoms with Crippen LogP contribution in [0.2, 0.25) is 0 Å². The number of benzene rings is 1. The van der Waals surface area contributed by atoms with E-state index in [1.165, 1.54) is 23.5 Å². The van der Waals surface area contributed by atoms with Crippen LogP contribution in [0.25, 0.3) is 0 Å². The van der Waals surface area contributed by atoms with Crippen LogP contribution < -0.4 is 5.73 Å². The number of hydrogen-bond donors (Lipinski definition) is 1. The summed E-state index contributed by atoms with van der Waals surface area (Å²) in [5.41, 5.74) is 5.74. The maximum atomic E-state index is 13.7. The molecule has 0 radical (unpaired) electrons. The van der Waals surface area contributed by atoms with Crippen LogP contribution in [0, 0.1) is 11.6 Å². The van der Waals surface area contributed by atoms with Crippen molar-refractivity contribution < 1.29 is 8.78 Å². The molecular formula is C11H8BrF2NS. The van der Waals surface area contributed by atoms with Crippen LogP contribution in [0.5, 0.6) is 0 Å². The van der Waals surface area contributed by atoms with Gasteiger partial charge >= 0.3 is 0 Å². The van der Waals surface area contributed by atoms with Crippen molar-refractivity contribution in [2.75, 3.05) is 0 Å². The van der Waals surface area contributed by atoms with Gasteiger partial charge in [0.2, 0.25) is 0 Å². The van der Waals surface area contributed by atoms with Gasteiger partial charge in [-0.25, -0.2) is 8.78 Å². The molecule has 0 aliphatic carbocycles. The van der Waals surface area contributed by atoms with E-state index in [1.807, 2.05) is 5.38 Å². The standard InChI is InChI=1S/C11H8BrF2NS/c12-6-3-4-7(13)9(10(6)14)11(15)8-2-1-5-16-8/h1-5,11H,15H2/t11-/m1/s1. The molecular weight excluding hydrogens is 296 g/mol. The van der Waals surface area contributed by atoms with Crippen molar-refractivity contribution in [3.05, 3.63) is 56.2 Å². The fourth-order valence-electron chi connectivity index (χ4n) is 1.44. The summed E-state index contributed by atoms with van der Waals surface area (Å²) < 4.78 is 27.5. The van der Waals surface area contributed by atoms with Gasteiger partial charge in [0.25, 0.3) is 0 Å². The third-order valence-electron chi connectivity index (χ3n) is 2.24. The van der Waals surface area contributed by atoms with E-state index in [0.29, 0.717) is 0 Å². The number of thiophene rings is 1. The van der Waals surface area contributed by atoms with E-state index in [4.69, 9.17) is 5.73 Å². The Morgan fingerprint density at radius 2 is 2.00 bits per heavy atom. The normalized spacial score (nSPS) is 12.8. The molecule has 2 aromatic rings. The summed E-state index contributed by atoms with van der Waals surface area (Å²) in [6, 6.07) is 5.33. The molecule has 0 amide bonds. The van der Waals surface area contributed by atoms with Gasteiger partial charge in [0.1, 0.15) is 11.6 Å². The van der Waals surface area contributed by atoms with Gasteiger partial charge in [0, 0.05) is 10.4 Å². The van der Waals surface area contributed by atoms with Crippen molar-refractivity contribution in [1.82, 2.24) is 0 Å². The van der Waals surface area contributed by atoms with Crippen LogP contribution in [-0.4, -0.2) is 0 Å². The summed E-state index contributed by atoms with van der Waals surface area (Å²) in [7, 11) is 0. The molecule has 0 aliphatic heterocycles. The Hall–Kier alpha value is -0.780. The van der Waals surface area contributed by atoms with Crippen LogP contribution in [0.4, 0.5) is 8.78 Å². The third-order valence-corrected chi connectivity index (χ3v) is 3.81. The highest BCUT2D eigenvalue weighted by Gasteiger charge is 2.20. The van der Waals surface area contributed by atoms with E-state index >= 15 is 0 Å². The molecule has 2 N–H and O–H groups in total. The third kappa shape index (κ3) is 2.03. The molecule has 1 heterocycles. The molecule has 0 fully saturated rings. The fourth-order valence-corrected chi connectivity index (χ4v) is 2.52. The average Bonchev–Trinajstić information content (AvgIpc) is 2.77. The first kappa shape index (κ1) is 11.7. The molecule has 1 nitrogen and oxygen atoms in total. The molecule has 0 saturated heterocycles. The molecule has 1 aromatic heterocycles. The van der Waals surface area contributed by atoms with Gasteiger partial charge in [-0.05, 0) is 39.5 Å². The lowest BCUT2D eigenvalue weighted by Gasteiger charge is -2.13. The van der Waals surface area contributed by atoms with Gasteiger partial charge < -0.3 is 5.73 Å². The Kier molecular flexibility index (Phi) is 3.37. The minimum atomic E-state index is -0.766. The summed E-state index contributed by atoms with van der Waals surface area (Å²) in [5.74, 6) is -1.26. The maximum Gasteiger partial charge on any atom is 0.145 e. The Morgan fingerprint density at radius 1 is 1.25 bits per heavy atom. The lowest BCUT2D eigenvalue weighted by atomic mass is 10.1. The van der Waals surface area contributed by atoms with Crippen LogP contribution in [0.15, 0.2) is 34.1 Å². The van der Waals surface area contributed by atoms with Crippen molar-refractivity contribution in [3.8, 4) is 0 Å². The topological polar surface area (TPSA) is 26.0 Å². The predicted molar refractivity (Wildman–Crippen MR) is 64.4 cm³/mol. The van der Waals surface area contributed by atoms with E-state index in [0.717, 1.165) is 4.88 Å². The van der Waals surface area contributed by atoms with E-state index in [9.17, 15) is 8.78 Å². The SMILES string of the molecule is N[C@H](c1cccs1)c1c(F)ccc(Br)c1F. The minimum absolute atomic E-state index is 0.100. The quantitative estimate of drug-likeness (QED) is 0.838. The number of nitrogens with two attached hydrogens (primary N) is 1. The molecule has 0 aliphatic rings. The highest BCUT2D eigenvalue weighted by Crippen LogP contribution is 2.30. The smallest absolute Gasteiger partial charge is 0.145 e. The second-order valence-corrected chi connectivity index (χ2v) is 5.08. The number of halogens is 3. The zero-order valence-electron chi connectivity index (χ0n) is 8.08. The lowest BCUT2D eigenvalue weighted by molar-refractivity contribution is 0.541. The Labute approximate surface area is 104 Å². The minimum Gasteiger partial charge on any atom is -0.319 e. The zero-order chi connectivity index (χ0) is 11.7. The second-order valence-electron chi connectivity index (χ2n) is 3.25. The van der Waals surface area contributed by atoms with Crippen molar-refractivity contribution in [2.24, 2.45) is 5.73 Å². The molecule has 0 unspecified atom stereocenters. The largest absolute Gasteiger partial charge is 0.319 e. The fraction of sp³-hybridized carbons (Fsp3) is 0.0909. The van der Waals surface area contributed by atoms with Crippen LogP contribution in [-0.2, 0) is 0 Å². The van der Waals surface area contributed by atoms with Crippen molar-refractivity contribution in [2.45, 2.75) is 6.04 Å². The molecule has 1 atom stereocenters. The summed E-state index contributed by atoms with van der Waals surface area (Å²) in [4.78, 5) is 0.732. The predicted octanol–water partition coefficient (Wildman–Crippen LogP) is 3.84. The molecule has 0 bridgehead atoms. The van der Waals surface area contributed by atoms with E-state index in [2.05, 4.69) is 15.9 Å². The second kappa shape index (κ2) is 4.61. The van der Waals surface area contributed by atoms with Crippen molar-refractivity contribution >= 4 is 27.3 Å². The highest BCUT2D eigenvalue weighted by atomic mass is 79.9. The van der Waals surface area contributed by atoms with E-state index in [1.54, 1.807) is 12.1 Å².